The van der Waals surface area contributed by atoms with Crippen LogP contribution >= 0.6 is 0 Å². The molecule has 2 aliphatic rings. The summed E-state index contributed by atoms with van der Waals surface area (Å²) in [7, 11) is 3.47. The number of likely N-dealkylation sites (tertiary alicyclic amines) is 1. The lowest BCUT2D eigenvalue weighted by Crippen LogP contribution is -2.42. The quantitative estimate of drug-likeness (QED) is 0.799. The number of aromatic nitrogens is 1. The molecule has 7 heteroatoms. The van der Waals surface area contributed by atoms with Gasteiger partial charge in [0, 0.05) is 45.9 Å². The molecule has 3 atom stereocenters. The van der Waals surface area contributed by atoms with E-state index in [1.807, 2.05) is 13.0 Å². The normalized spacial score (nSPS) is 27.9. The third-order valence-corrected chi connectivity index (χ3v) is 4.55. The average Bonchev–Trinajstić information content (AvgIpc) is 3.09. The summed E-state index contributed by atoms with van der Waals surface area (Å²) in [6, 6.07) is 2.28. The Balaban J connectivity index is 1.63. The van der Waals surface area contributed by atoms with Gasteiger partial charge in [-0.3, -0.25) is 9.69 Å². The maximum atomic E-state index is 11.8. The smallest absolute Gasteiger partial charge is 0.248 e. The minimum absolute atomic E-state index is 0.0251. The molecule has 23 heavy (non-hydrogen) atoms. The number of hydrogen-bond acceptors (Lipinski definition) is 6. The van der Waals surface area contributed by atoms with E-state index < -0.39 is 0 Å². The van der Waals surface area contributed by atoms with Crippen molar-refractivity contribution in [1.82, 2.24) is 15.0 Å². The van der Waals surface area contributed by atoms with E-state index in [-0.39, 0.29) is 24.7 Å². The van der Waals surface area contributed by atoms with Crippen LogP contribution in [0.1, 0.15) is 24.3 Å². The van der Waals surface area contributed by atoms with Gasteiger partial charge in [0.25, 0.3) is 0 Å². The third-order valence-electron chi connectivity index (χ3n) is 4.55. The Hall–Kier alpha value is -1.44. The van der Waals surface area contributed by atoms with Crippen LogP contribution in [-0.2, 0) is 20.8 Å². The SMILES string of the molecule is Cc1cc(CN2C[C@@H](OCC(=O)N(C)C)[C@H]3OCCC[C@H]32)no1. The van der Waals surface area contributed by atoms with Crippen molar-refractivity contribution in [1.29, 1.82) is 0 Å². The summed E-state index contributed by atoms with van der Waals surface area (Å²) < 4.78 is 17.0. The first-order valence-electron chi connectivity index (χ1n) is 8.14. The molecule has 3 rings (SSSR count). The van der Waals surface area contributed by atoms with E-state index in [0.717, 1.165) is 44.0 Å². The predicted octanol–water partition coefficient (Wildman–Crippen LogP) is 0.820. The van der Waals surface area contributed by atoms with Crippen LogP contribution in [0, 0.1) is 6.92 Å². The summed E-state index contributed by atoms with van der Waals surface area (Å²) >= 11 is 0. The van der Waals surface area contributed by atoms with Crippen LogP contribution in [0.3, 0.4) is 0 Å². The molecule has 7 nitrogen and oxygen atoms in total. The summed E-state index contributed by atoms with van der Waals surface area (Å²) in [5, 5.41) is 4.08. The first-order chi connectivity index (χ1) is 11.0. The Kier molecular flexibility index (Phi) is 4.99. The van der Waals surface area contributed by atoms with Crippen molar-refractivity contribution in [2.75, 3.05) is 33.9 Å². The summed E-state index contributed by atoms with van der Waals surface area (Å²) in [6.45, 7) is 4.23. The summed E-state index contributed by atoms with van der Waals surface area (Å²) in [5.41, 5.74) is 0.928. The lowest BCUT2D eigenvalue weighted by molar-refractivity contribution is -0.139. The molecule has 0 bridgehead atoms. The van der Waals surface area contributed by atoms with Gasteiger partial charge in [-0.2, -0.15) is 0 Å². The molecule has 0 aromatic carbocycles. The topological polar surface area (TPSA) is 68.0 Å². The van der Waals surface area contributed by atoms with Gasteiger partial charge in [0.05, 0.1) is 11.8 Å². The molecule has 128 valence electrons. The van der Waals surface area contributed by atoms with Crippen LogP contribution in [0.2, 0.25) is 0 Å². The summed E-state index contributed by atoms with van der Waals surface area (Å²) in [6.07, 6.45) is 2.10. The van der Waals surface area contributed by atoms with Crippen LogP contribution in [0.5, 0.6) is 0 Å². The number of hydrogen-bond donors (Lipinski definition) is 0. The molecule has 2 saturated heterocycles. The van der Waals surface area contributed by atoms with Gasteiger partial charge in [-0.15, -0.1) is 0 Å². The van der Waals surface area contributed by atoms with E-state index in [1.165, 1.54) is 0 Å². The number of amides is 1. The van der Waals surface area contributed by atoms with E-state index in [0.29, 0.717) is 6.04 Å². The fourth-order valence-electron chi connectivity index (χ4n) is 3.34. The number of carbonyl (C=O) groups is 1. The Morgan fingerprint density at radius 2 is 2.35 bits per heavy atom. The fraction of sp³-hybridized carbons (Fsp3) is 0.750. The van der Waals surface area contributed by atoms with Crippen LogP contribution < -0.4 is 0 Å². The molecule has 0 spiro atoms. The monoisotopic (exact) mass is 323 g/mol. The van der Waals surface area contributed by atoms with Gasteiger partial charge in [-0.05, 0) is 19.8 Å². The molecule has 0 radical (unpaired) electrons. The molecule has 0 aliphatic carbocycles. The highest BCUT2D eigenvalue weighted by Gasteiger charge is 2.45. The highest BCUT2D eigenvalue weighted by Crippen LogP contribution is 2.31. The molecule has 2 fully saturated rings. The molecule has 0 unspecified atom stereocenters. The van der Waals surface area contributed by atoms with E-state index in [4.69, 9.17) is 14.0 Å². The van der Waals surface area contributed by atoms with Crippen molar-refractivity contribution >= 4 is 5.91 Å². The maximum absolute atomic E-state index is 11.8. The molecule has 3 heterocycles. The minimum atomic E-state index is -0.0720. The highest BCUT2D eigenvalue weighted by molar-refractivity contribution is 5.76. The molecular weight excluding hydrogens is 298 g/mol. The first-order valence-corrected chi connectivity index (χ1v) is 8.14. The van der Waals surface area contributed by atoms with Gasteiger partial charge in [0.1, 0.15) is 18.5 Å². The zero-order chi connectivity index (χ0) is 16.4. The van der Waals surface area contributed by atoms with Crippen molar-refractivity contribution in [2.24, 2.45) is 0 Å². The molecule has 0 saturated carbocycles. The average molecular weight is 323 g/mol. The number of likely N-dealkylation sites (N-methyl/N-ethyl adjacent to an activating group) is 1. The number of ether oxygens (including phenoxy) is 2. The largest absolute Gasteiger partial charge is 0.374 e. The van der Waals surface area contributed by atoms with Gasteiger partial charge < -0.3 is 18.9 Å². The van der Waals surface area contributed by atoms with Crippen molar-refractivity contribution in [3.8, 4) is 0 Å². The molecule has 2 aliphatic heterocycles. The third kappa shape index (κ3) is 3.73. The van der Waals surface area contributed by atoms with Crippen molar-refractivity contribution in [3.63, 3.8) is 0 Å². The number of aryl methyl sites for hydroxylation is 1. The standard InChI is InChI=1S/C16H25N3O4/c1-11-7-12(17-23-11)8-19-9-14(22-10-15(20)18(2)3)16-13(19)5-4-6-21-16/h7,13-14,16H,4-6,8-10H2,1-3H3/t13-,14-,16+/m1/s1. The van der Waals surface area contributed by atoms with Crippen molar-refractivity contribution in [2.45, 2.75) is 44.6 Å². The van der Waals surface area contributed by atoms with E-state index in [2.05, 4.69) is 10.1 Å². The minimum Gasteiger partial charge on any atom is -0.374 e. The highest BCUT2D eigenvalue weighted by atomic mass is 16.5. The fourth-order valence-corrected chi connectivity index (χ4v) is 3.34. The van der Waals surface area contributed by atoms with Crippen LogP contribution in [0.25, 0.3) is 0 Å². The predicted molar refractivity (Wildman–Crippen MR) is 82.8 cm³/mol. The Morgan fingerprint density at radius 1 is 1.52 bits per heavy atom. The zero-order valence-electron chi connectivity index (χ0n) is 14.0. The lowest BCUT2D eigenvalue weighted by Gasteiger charge is -2.32. The van der Waals surface area contributed by atoms with E-state index in [1.54, 1.807) is 19.0 Å². The van der Waals surface area contributed by atoms with Gasteiger partial charge in [-0.1, -0.05) is 5.16 Å². The number of fused-ring (bicyclic) bond motifs is 1. The number of carbonyl (C=O) groups excluding carboxylic acids is 1. The van der Waals surface area contributed by atoms with Gasteiger partial charge in [0.2, 0.25) is 5.91 Å². The van der Waals surface area contributed by atoms with Gasteiger partial charge in [-0.25, -0.2) is 0 Å². The second kappa shape index (κ2) is 6.98. The van der Waals surface area contributed by atoms with Gasteiger partial charge >= 0.3 is 0 Å². The Labute approximate surface area is 136 Å². The van der Waals surface area contributed by atoms with E-state index in [9.17, 15) is 4.79 Å². The molecule has 0 N–H and O–H groups in total. The second-order valence-corrected chi connectivity index (χ2v) is 6.54. The molecular formula is C16H25N3O4. The lowest BCUT2D eigenvalue weighted by atomic mass is 10.0. The van der Waals surface area contributed by atoms with Gasteiger partial charge in [0.15, 0.2) is 0 Å². The number of nitrogens with zero attached hydrogens (tertiary/aromatic N) is 3. The molecule has 1 amide bonds. The second-order valence-electron chi connectivity index (χ2n) is 6.54. The van der Waals surface area contributed by atoms with Crippen LogP contribution in [-0.4, -0.2) is 73.0 Å². The van der Waals surface area contributed by atoms with E-state index >= 15 is 0 Å². The van der Waals surface area contributed by atoms with Crippen molar-refractivity contribution < 1.29 is 18.8 Å². The summed E-state index contributed by atoms with van der Waals surface area (Å²) in [4.78, 5) is 15.6. The maximum Gasteiger partial charge on any atom is 0.248 e. The molecule has 1 aromatic rings. The number of rotatable bonds is 5. The Bertz CT molecular complexity index is 545. The first kappa shape index (κ1) is 16.4. The van der Waals surface area contributed by atoms with Crippen LogP contribution in [0.4, 0.5) is 0 Å². The van der Waals surface area contributed by atoms with Crippen LogP contribution in [0.15, 0.2) is 10.6 Å². The van der Waals surface area contributed by atoms with Crippen molar-refractivity contribution in [3.05, 3.63) is 17.5 Å². The Morgan fingerprint density at radius 3 is 3.04 bits per heavy atom. The molecule has 1 aromatic heterocycles. The zero-order valence-corrected chi connectivity index (χ0v) is 14.0. The summed E-state index contributed by atoms with van der Waals surface area (Å²) in [5.74, 6) is 0.794.